The summed E-state index contributed by atoms with van der Waals surface area (Å²) in [5, 5.41) is 3.29. The quantitative estimate of drug-likeness (QED) is 0.371. The van der Waals surface area contributed by atoms with E-state index in [9.17, 15) is 4.79 Å². The smallest absolute Gasteiger partial charge is 0.253 e. The molecule has 35 heavy (non-hydrogen) atoms. The topological polar surface area (TPSA) is 84.2 Å². The van der Waals surface area contributed by atoms with Crippen LogP contribution in [0, 0.1) is 0 Å². The Hall–Kier alpha value is -3.55. The summed E-state index contributed by atoms with van der Waals surface area (Å²) < 4.78 is 5.23. The van der Waals surface area contributed by atoms with E-state index in [1.54, 1.807) is 18.5 Å². The van der Waals surface area contributed by atoms with Gasteiger partial charge in [0.05, 0.1) is 28.0 Å². The molecule has 0 radical (unpaired) electrons. The van der Waals surface area contributed by atoms with Crippen molar-refractivity contribution in [2.45, 2.75) is 44.9 Å². The SMILES string of the molecule is O=C(NCc1cccc(CN(Cc2cocn2)C2CCCc3cccnc32)c1)c1ccncc1Cl. The van der Waals surface area contributed by atoms with Crippen molar-refractivity contribution in [1.29, 1.82) is 0 Å². The first-order chi connectivity index (χ1) is 17.2. The molecule has 7 nitrogen and oxygen atoms in total. The summed E-state index contributed by atoms with van der Waals surface area (Å²) in [6, 6.07) is 14.3. The van der Waals surface area contributed by atoms with Crippen LogP contribution in [0.1, 0.15) is 57.3 Å². The number of carbonyl (C=O) groups excluding carboxylic acids is 1. The summed E-state index contributed by atoms with van der Waals surface area (Å²) in [6.07, 6.45) is 11.3. The highest BCUT2D eigenvalue weighted by molar-refractivity contribution is 6.33. The Morgan fingerprint density at radius 3 is 2.89 bits per heavy atom. The summed E-state index contributed by atoms with van der Waals surface area (Å²) >= 11 is 6.11. The fourth-order valence-corrected chi connectivity index (χ4v) is 4.85. The molecule has 0 bridgehead atoms. The predicted octanol–water partition coefficient (Wildman–Crippen LogP) is 5.13. The highest BCUT2D eigenvalue weighted by Crippen LogP contribution is 2.34. The van der Waals surface area contributed by atoms with Crippen molar-refractivity contribution < 1.29 is 9.21 Å². The molecule has 1 unspecified atom stereocenters. The first kappa shape index (κ1) is 23.2. The lowest BCUT2D eigenvalue weighted by Crippen LogP contribution is -2.31. The molecule has 1 amide bonds. The van der Waals surface area contributed by atoms with Gasteiger partial charge in [-0.2, -0.15) is 0 Å². The maximum Gasteiger partial charge on any atom is 0.253 e. The number of amides is 1. The minimum atomic E-state index is -0.222. The molecular formula is C27H26ClN5O2. The first-order valence-electron chi connectivity index (χ1n) is 11.7. The van der Waals surface area contributed by atoms with Crippen LogP contribution in [-0.4, -0.2) is 25.8 Å². The largest absolute Gasteiger partial charge is 0.451 e. The van der Waals surface area contributed by atoms with Crippen LogP contribution in [0.5, 0.6) is 0 Å². The second-order valence-electron chi connectivity index (χ2n) is 8.70. The van der Waals surface area contributed by atoms with Crippen molar-refractivity contribution in [3.63, 3.8) is 0 Å². The average molecular weight is 488 g/mol. The van der Waals surface area contributed by atoms with Crippen LogP contribution < -0.4 is 5.32 Å². The molecule has 0 spiro atoms. The van der Waals surface area contributed by atoms with Crippen molar-refractivity contribution in [1.82, 2.24) is 25.2 Å². The molecule has 3 heterocycles. The second kappa shape index (κ2) is 10.8. The van der Waals surface area contributed by atoms with E-state index < -0.39 is 0 Å². The predicted molar refractivity (Wildman–Crippen MR) is 133 cm³/mol. The van der Waals surface area contributed by atoms with E-state index in [4.69, 9.17) is 21.0 Å². The third-order valence-electron chi connectivity index (χ3n) is 6.30. The second-order valence-corrected chi connectivity index (χ2v) is 9.11. The molecule has 3 aromatic heterocycles. The highest BCUT2D eigenvalue weighted by atomic mass is 35.5. The van der Waals surface area contributed by atoms with Crippen molar-refractivity contribution in [2.75, 3.05) is 0 Å². The van der Waals surface area contributed by atoms with Gasteiger partial charge in [-0.3, -0.25) is 19.7 Å². The van der Waals surface area contributed by atoms with Crippen LogP contribution in [0.4, 0.5) is 0 Å². The van der Waals surface area contributed by atoms with Gasteiger partial charge in [0, 0.05) is 38.2 Å². The van der Waals surface area contributed by atoms with Gasteiger partial charge in [-0.05, 0) is 48.1 Å². The number of aromatic nitrogens is 3. The van der Waals surface area contributed by atoms with Gasteiger partial charge in [-0.15, -0.1) is 0 Å². The average Bonchev–Trinajstić information content (AvgIpc) is 3.40. The standard InChI is InChI=1S/C27H26ClN5O2/c28-24-14-29-11-9-23(24)27(34)31-13-19-4-1-5-20(12-19)15-33(16-22-17-35-18-32-22)25-8-2-6-21-7-3-10-30-26(21)25/h1,3-5,7,9-12,14,17-18,25H,2,6,8,13,15-16H2,(H,31,34). The lowest BCUT2D eigenvalue weighted by Gasteiger charge is -2.34. The van der Waals surface area contributed by atoms with Gasteiger partial charge < -0.3 is 9.73 Å². The molecule has 0 fully saturated rings. The monoisotopic (exact) mass is 487 g/mol. The third-order valence-corrected chi connectivity index (χ3v) is 6.60. The Morgan fingerprint density at radius 1 is 1.11 bits per heavy atom. The fraction of sp³-hybridized carbons (Fsp3) is 0.259. The van der Waals surface area contributed by atoms with Crippen molar-refractivity contribution in [2.24, 2.45) is 0 Å². The van der Waals surface area contributed by atoms with Crippen LogP contribution in [-0.2, 0) is 26.1 Å². The van der Waals surface area contributed by atoms with E-state index in [-0.39, 0.29) is 11.9 Å². The molecule has 1 aromatic carbocycles. The summed E-state index contributed by atoms with van der Waals surface area (Å²) in [5.74, 6) is -0.222. The summed E-state index contributed by atoms with van der Waals surface area (Å²) in [5.41, 5.74) is 5.96. The number of halogens is 1. The lowest BCUT2D eigenvalue weighted by molar-refractivity contribution is 0.0951. The molecule has 1 N–H and O–H groups in total. The summed E-state index contributed by atoms with van der Waals surface area (Å²) in [4.78, 5) is 28.0. The number of fused-ring (bicyclic) bond motifs is 1. The number of oxazole rings is 1. The summed E-state index contributed by atoms with van der Waals surface area (Å²) in [6.45, 7) is 1.80. The van der Waals surface area contributed by atoms with Crippen LogP contribution in [0.2, 0.25) is 5.02 Å². The molecule has 0 aliphatic heterocycles. The van der Waals surface area contributed by atoms with E-state index in [1.165, 1.54) is 18.2 Å². The van der Waals surface area contributed by atoms with Crippen LogP contribution in [0.25, 0.3) is 0 Å². The Balaban J connectivity index is 1.33. The number of aryl methyl sites for hydroxylation is 1. The Labute approximate surface area is 209 Å². The molecule has 1 aliphatic carbocycles. The zero-order valence-electron chi connectivity index (χ0n) is 19.2. The fourth-order valence-electron chi connectivity index (χ4n) is 4.65. The number of rotatable bonds is 8. The number of benzene rings is 1. The Bertz CT molecular complexity index is 1290. The normalized spacial score (nSPS) is 15.1. The van der Waals surface area contributed by atoms with Crippen molar-refractivity contribution in [3.8, 4) is 0 Å². The Morgan fingerprint density at radius 2 is 2.03 bits per heavy atom. The van der Waals surface area contributed by atoms with Gasteiger partial charge in [-0.1, -0.05) is 41.9 Å². The molecule has 0 saturated heterocycles. The van der Waals surface area contributed by atoms with Crippen molar-refractivity contribution in [3.05, 3.63) is 112 Å². The minimum absolute atomic E-state index is 0.203. The van der Waals surface area contributed by atoms with E-state index in [0.717, 1.165) is 48.3 Å². The zero-order valence-corrected chi connectivity index (χ0v) is 20.0. The van der Waals surface area contributed by atoms with Crippen LogP contribution in [0.15, 0.2) is 78.1 Å². The van der Waals surface area contributed by atoms with Gasteiger partial charge in [0.2, 0.25) is 0 Å². The van der Waals surface area contributed by atoms with Crippen LogP contribution >= 0.6 is 11.6 Å². The van der Waals surface area contributed by atoms with E-state index in [0.29, 0.717) is 23.7 Å². The molecule has 1 atom stereocenters. The van der Waals surface area contributed by atoms with Gasteiger partial charge >= 0.3 is 0 Å². The molecule has 178 valence electrons. The number of hydrogen-bond acceptors (Lipinski definition) is 6. The molecule has 8 heteroatoms. The summed E-state index contributed by atoms with van der Waals surface area (Å²) in [7, 11) is 0. The molecule has 5 rings (SSSR count). The number of carbonyl (C=O) groups is 1. The maximum atomic E-state index is 12.5. The molecule has 0 saturated carbocycles. The minimum Gasteiger partial charge on any atom is -0.451 e. The van der Waals surface area contributed by atoms with Gasteiger partial charge in [0.15, 0.2) is 6.39 Å². The molecular weight excluding hydrogens is 462 g/mol. The number of pyridine rings is 2. The number of nitrogens with one attached hydrogen (secondary N) is 1. The van der Waals surface area contributed by atoms with E-state index >= 15 is 0 Å². The molecule has 1 aliphatic rings. The van der Waals surface area contributed by atoms with Crippen LogP contribution in [0.3, 0.4) is 0 Å². The first-order valence-corrected chi connectivity index (χ1v) is 12.1. The van der Waals surface area contributed by atoms with Gasteiger partial charge in [-0.25, -0.2) is 4.98 Å². The lowest BCUT2D eigenvalue weighted by atomic mass is 9.90. The molecule has 4 aromatic rings. The number of nitrogens with zero attached hydrogens (tertiary/aromatic N) is 4. The Kier molecular flexibility index (Phi) is 7.16. The van der Waals surface area contributed by atoms with E-state index in [1.807, 2.05) is 24.4 Å². The third kappa shape index (κ3) is 5.58. The highest BCUT2D eigenvalue weighted by Gasteiger charge is 2.28. The van der Waals surface area contributed by atoms with Gasteiger partial charge in [0.25, 0.3) is 5.91 Å². The maximum absolute atomic E-state index is 12.5. The number of hydrogen-bond donors (Lipinski definition) is 1. The zero-order chi connectivity index (χ0) is 24.0. The van der Waals surface area contributed by atoms with E-state index in [2.05, 4.69) is 38.4 Å². The van der Waals surface area contributed by atoms with Crippen molar-refractivity contribution >= 4 is 17.5 Å². The van der Waals surface area contributed by atoms with Gasteiger partial charge in [0.1, 0.15) is 6.26 Å².